The molecule has 3 rings (SSSR count). The number of aryl methyl sites for hydroxylation is 2. The van der Waals surface area contributed by atoms with Crippen LogP contribution in [-0.2, 0) is 6.54 Å². The van der Waals surface area contributed by atoms with E-state index in [0.29, 0.717) is 6.54 Å². The van der Waals surface area contributed by atoms with E-state index in [1.165, 1.54) is 16.8 Å². The Hall–Kier alpha value is -2.43. The molecule has 21 heavy (non-hydrogen) atoms. The lowest BCUT2D eigenvalue weighted by Gasteiger charge is -2.08. The predicted octanol–water partition coefficient (Wildman–Crippen LogP) is 2.75. The van der Waals surface area contributed by atoms with Gasteiger partial charge >= 0.3 is 0 Å². The maximum atomic E-state index is 4.57. The molecule has 0 aliphatic rings. The van der Waals surface area contributed by atoms with E-state index in [-0.39, 0.29) is 0 Å². The summed E-state index contributed by atoms with van der Waals surface area (Å²) in [4.78, 5) is 0. The molecule has 0 saturated carbocycles. The van der Waals surface area contributed by atoms with E-state index < -0.39 is 0 Å². The lowest BCUT2D eigenvalue weighted by molar-refractivity contribution is 0.622. The molecule has 0 spiro atoms. The fourth-order valence-electron chi connectivity index (χ4n) is 2.43. The van der Waals surface area contributed by atoms with Gasteiger partial charge in [0.05, 0.1) is 5.69 Å². The molecule has 5 nitrogen and oxygen atoms in total. The number of nitrogens with zero attached hydrogens (tertiary/aromatic N) is 5. The van der Waals surface area contributed by atoms with Crippen molar-refractivity contribution in [2.24, 2.45) is 0 Å². The molecule has 0 atom stereocenters. The van der Waals surface area contributed by atoms with Gasteiger partial charge in [-0.25, -0.2) is 0 Å². The zero-order chi connectivity index (χ0) is 15.0. The van der Waals surface area contributed by atoms with Gasteiger partial charge in [0.1, 0.15) is 12.9 Å². The molecule has 0 N–H and O–H groups in total. The van der Waals surface area contributed by atoms with E-state index in [1.54, 1.807) is 6.33 Å². The third kappa shape index (κ3) is 2.46. The zero-order valence-electron chi connectivity index (χ0n) is 12.8. The van der Waals surface area contributed by atoms with Gasteiger partial charge < -0.3 is 0 Å². The summed E-state index contributed by atoms with van der Waals surface area (Å²) in [6, 6.07) is 8.31. The SMILES string of the molecule is Cc1cccc(-n2cnnc2Cn2nc(C)c(C)c2C)c1. The molecule has 0 radical (unpaired) electrons. The van der Waals surface area contributed by atoms with Gasteiger partial charge in [-0.1, -0.05) is 12.1 Å². The average Bonchev–Trinajstić information content (AvgIpc) is 3.01. The maximum absolute atomic E-state index is 4.57. The Kier molecular flexibility index (Phi) is 3.33. The Bertz CT molecular complexity index is 782. The monoisotopic (exact) mass is 281 g/mol. The first-order valence-electron chi connectivity index (χ1n) is 7.03. The first kappa shape index (κ1) is 13.5. The minimum absolute atomic E-state index is 0.619. The first-order valence-corrected chi connectivity index (χ1v) is 7.03. The lowest BCUT2D eigenvalue weighted by Crippen LogP contribution is -2.10. The molecule has 108 valence electrons. The van der Waals surface area contributed by atoms with Crippen molar-refractivity contribution in [2.45, 2.75) is 34.2 Å². The van der Waals surface area contributed by atoms with Crippen molar-refractivity contribution in [1.82, 2.24) is 24.5 Å². The summed E-state index contributed by atoms with van der Waals surface area (Å²) < 4.78 is 4.00. The van der Waals surface area contributed by atoms with Gasteiger partial charge in [0.2, 0.25) is 0 Å². The Morgan fingerprint density at radius 2 is 1.90 bits per heavy atom. The lowest BCUT2D eigenvalue weighted by atomic mass is 10.2. The molecule has 5 heteroatoms. The zero-order valence-corrected chi connectivity index (χ0v) is 12.8. The van der Waals surface area contributed by atoms with Gasteiger partial charge in [-0.2, -0.15) is 5.10 Å². The van der Waals surface area contributed by atoms with Crippen LogP contribution in [-0.4, -0.2) is 24.5 Å². The van der Waals surface area contributed by atoms with E-state index in [9.17, 15) is 0 Å². The van der Waals surface area contributed by atoms with Crippen molar-refractivity contribution < 1.29 is 0 Å². The molecule has 0 bridgehead atoms. The minimum atomic E-state index is 0.619. The molecule has 0 fully saturated rings. The second kappa shape index (κ2) is 5.16. The Morgan fingerprint density at radius 3 is 2.57 bits per heavy atom. The third-order valence-corrected chi connectivity index (χ3v) is 3.93. The van der Waals surface area contributed by atoms with Crippen molar-refractivity contribution in [1.29, 1.82) is 0 Å². The molecule has 3 aromatic rings. The highest BCUT2D eigenvalue weighted by atomic mass is 15.3. The van der Waals surface area contributed by atoms with Gasteiger partial charge in [-0.15, -0.1) is 10.2 Å². The number of hydrogen-bond donors (Lipinski definition) is 0. The van der Waals surface area contributed by atoms with E-state index in [0.717, 1.165) is 17.2 Å². The van der Waals surface area contributed by atoms with Crippen LogP contribution >= 0.6 is 0 Å². The number of benzene rings is 1. The molecule has 0 unspecified atom stereocenters. The second-order valence-electron chi connectivity index (χ2n) is 5.41. The van der Waals surface area contributed by atoms with Gasteiger partial charge in [-0.3, -0.25) is 9.25 Å². The van der Waals surface area contributed by atoms with Crippen LogP contribution in [0.3, 0.4) is 0 Å². The Morgan fingerprint density at radius 1 is 1.10 bits per heavy atom. The van der Waals surface area contributed by atoms with E-state index in [4.69, 9.17) is 0 Å². The summed E-state index contributed by atoms with van der Waals surface area (Å²) in [5.41, 5.74) is 5.76. The number of hydrogen-bond acceptors (Lipinski definition) is 3. The molecule has 1 aromatic carbocycles. The Labute approximate surface area is 124 Å². The summed E-state index contributed by atoms with van der Waals surface area (Å²) in [6.07, 6.45) is 1.75. The van der Waals surface area contributed by atoms with E-state index >= 15 is 0 Å². The molecule has 2 aromatic heterocycles. The number of aromatic nitrogens is 5. The summed E-state index contributed by atoms with van der Waals surface area (Å²) in [5.74, 6) is 0.881. The standard InChI is InChI=1S/C16H19N5/c1-11-6-5-7-15(8-11)20-10-17-18-16(20)9-21-14(4)12(2)13(3)19-21/h5-8,10H,9H2,1-4H3. The van der Waals surface area contributed by atoms with Crippen molar-refractivity contribution in [3.05, 3.63) is 58.9 Å². The van der Waals surface area contributed by atoms with Crippen molar-refractivity contribution in [3.8, 4) is 5.69 Å². The fraction of sp³-hybridized carbons (Fsp3) is 0.312. The maximum Gasteiger partial charge on any atom is 0.159 e. The third-order valence-electron chi connectivity index (χ3n) is 3.93. The Balaban J connectivity index is 1.98. The quantitative estimate of drug-likeness (QED) is 0.741. The molecule has 2 heterocycles. The van der Waals surface area contributed by atoms with Crippen molar-refractivity contribution >= 4 is 0 Å². The predicted molar refractivity (Wildman–Crippen MR) is 81.6 cm³/mol. The molecule has 0 aliphatic heterocycles. The highest BCUT2D eigenvalue weighted by Crippen LogP contribution is 2.15. The van der Waals surface area contributed by atoms with Crippen molar-refractivity contribution in [2.75, 3.05) is 0 Å². The minimum Gasteiger partial charge on any atom is -0.284 e. The van der Waals surface area contributed by atoms with Crippen LogP contribution < -0.4 is 0 Å². The van der Waals surface area contributed by atoms with Gasteiger partial charge in [0.25, 0.3) is 0 Å². The largest absolute Gasteiger partial charge is 0.284 e. The number of rotatable bonds is 3. The van der Waals surface area contributed by atoms with Crippen LogP contribution in [0.5, 0.6) is 0 Å². The van der Waals surface area contributed by atoms with Crippen LogP contribution in [0.2, 0.25) is 0 Å². The van der Waals surface area contributed by atoms with Crippen LogP contribution in [0.1, 0.15) is 28.3 Å². The highest BCUT2D eigenvalue weighted by Gasteiger charge is 2.12. The normalized spacial score (nSPS) is 11.0. The summed E-state index contributed by atoms with van der Waals surface area (Å²) >= 11 is 0. The van der Waals surface area contributed by atoms with E-state index in [1.807, 2.05) is 22.2 Å². The van der Waals surface area contributed by atoms with Crippen LogP contribution in [0, 0.1) is 27.7 Å². The van der Waals surface area contributed by atoms with Gasteiger partial charge in [0.15, 0.2) is 5.82 Å². The molecular formula is C16H19N5. The molecule has 0 aliphatic carbocycles. The highest BCUT2D eigenvalue weighted by molar-refractivity contribution is 5.36. The summed E-state index contributed by atoms with van der Waals surface area (Å²) in [6.45, 7) is 8.92. The summed E-state index contributed by atoms with van der Waals surface area (Å²) in [7, 11) is 0. The van der Waals surface area contributed by atoms with Gasteiger partial charge in [-0.05, 0) is 51.0 Å². The first-order chi connectivity index (χ1) is 10.1. The smallest absolute Gasteiger partial charge is 0.159 e. The van der Waals surface area contributed by atoms with E-state index in [2.05, 4.69) is 54.3 Å². The molecular weight excluding hydrogens is 262 g/mol. The van der Waals surface area contributed by atoms with Crippen LogP contribution in [0.15, 0.2) is 30.6 Å². The fourth-order valence-corrected chi connectivity index (χ4v) is 2.43. The molecule has 0 amide bonds. The second-order valence-corrected chi connectivity index (χ2v) is 5.41. The average molecular weight is 281 g/mol. The van der Waals surface area contributed by atoms with Crippen molar-refractivity contribution in [3.63, 3.8) is 0 Å². The van der Waals surface area contributed by atoms with Crippen LogP contribution in [0.25, 0.3) is 5.69 Å². The summed E-state index contributed by atoms with van der Waals surface area (Å²) in [5, 5.41) is 12.9. The van der Waals surface area contributed by atoms with Gasteiger partial charge in [0, 0.05) is 11.4 Å². The molecule has 0 saturated heterocycles. The van der Waals surface area contributed by atoms with Crippen LogP contribution in [0.4, 0.5) is 0 Å². The topological polar surface area (TPSA) is 48.5 Å².